The molecule has 0 aliphatic heterocycles. The molecule has 132 valence electrons. The van der Waals surface area contributed by atoms with Crippen LogP contribution in [0.25, 0.3) is 5.65 Å². The lowest BCUT2D eigenvalue weighted by Gasteiger charge is -2.06. The Hall–Kier alpha value is -1.97. The fraction of sp³-hybridized carbons (Fsp3) is 0.250. The van der Waals surface area contributed by atoms with Crippen LogP contribution in [0.15, 0.2) is 45.1 Å². The number of thioether (sulfide) groups is 1. The Bertz CT molecular complexity index is 1050. The van der Waals surface area contributed by atoms with Crippen LogP contribution in [-0.2, 0) is 21.2 Å². The van der Waals surface area contributed by atoms with Crippen molar-refractivity contribution in [2.45, 2.75) is 28.3 Å². The minimum atomic E-state index is -3.98. The van der Waals surface area contributed by atoms with Crippen LogP contribution in [0.2, 0.25) is 0 Å². The quantitative estimate of drug-likeness (QED) is 0.633. The number of rotatable bonds is 5. The van der Waals surface area contributed by atoms with Gasteiger partial charge in [0.1, 0.15) is 10.8 Å². The minimum Gasteiger partial charge on any atom is -0.378 e. The normalized spacial score (nSPS) is 12.0. The van der Waals surface area contributed by atoms with E-state index in [9.17, 15) is 12.8 Å². The number of ether oxygens (including phenoxy) is 1. The van der Waals surface area contributed by atoms with Gasteiger partial charge in [-0.15, -0.1) is 11.8 Å². The van der Waals surface area contributed by atoms with E-state index in [4.69, 9.17) is 4.74 Å². The number of hydrogen-bond donors (Lipinski definition) is 0. The maximum Gasteiger partial charge on any atom is 0.213 e. The topological polar surface area (TPSA) is 73.6 Å². The Labute approximate surface area is 149 Å². The summed E-state index contributed by atoms with van der Waals surface area (Å²) in [6, 6.07) is 6.70. The highest BCUT2D eigenvalue weighted by Crippen LogP contribution is 2.33. The second kappa shape index (κ2) is 6.74. The van der Waals surface area contributed by atoms with Gasteiger partial charge in [0.2, 0.25) is 9.84 Å². The van der Waals surface area contributed by atoms with Gasteiger partial charge in [-0.3, -0.25) is 0 Å². The van der Waals surface area contributed by atoms with E-state index in [-0.39, 0.29) is 22.0 Å². The molecule has 0 fully saturated rings. The third-order valence-corrected chi connectivity index (χ3v) is 6.20. The number of aromatic nitrogens is 3. The highest BCUT2D eigenvalue weighted by molar-refractivity contribution is 7.99. The van der Waals surface area contributed by atoms with Crippen molar-refractivity contribution in [3.63, 3.8) is 0 Å². The second-order valence-electron chi connectivity index (χ2n) is 5.36. The Morgan fingerprint density at radius 2 is 2.08 bits per heavy atom. The zero-order valence-corrected chi connectivity index (χ0v) is 15.5. The molecule has 0 bridgehead atoms. The third kappa shape index (κ3) is 3.14. The van der Waals surface area contributed by atoms with Crippen molar-refractivity contribution in [1.82, 2.24) is 14.6 Å². The molecule has 0 aliphatic carbocycles. The number of methoxy groups -OCH3 is 1. The van der Waals surface area contributed by atoms with Gasteiger partial charge in [0, 0.05) is 12.8 Å². The van der Waals surface area contributed by atoms with Crippen LogP contribution in [-0.4, -0.2) is 36.4 Å². The Kier molecular flexibility index (Phi) is 4.81. The van der Waals surface area contributed by atoms with Gasteiger partial charge in [0.05, 0.1) is 17.2 Å². The van der Waals surface area contributed by atoms with Gasteiger partial charge in [-0.05, 0) is 37.4 Å². The predicted molar refractivity (Wildman–Crippen MR) is 92.1 cm³/mol. The summed E-state index contributed by atoms with van der Waals surface area (Å²) < 4.78 is 46.4. The molecule has 6 nitrogen and oxygen atoms in total. The molecule has 0 saturated carbocycles. The summed E-state index contributed by atoms with van der Waals surface area (Å²) in [5, 5.41) is 4.66. The molecule has 0 N–H and O–H groups in total. The minimum absolute atomic E-state index is 0.0216. The lowest BCUT2D eigenvalue weighted by atomic mass is 10.3. The summed E-state index contributed by atoms with van der Waals surface area (Å²) in [5.41, 5.74) is 1.53. The molecule has 0 saturated heterocycles. The van der Waals surface area contributed by atoms with Crippen LogP contribution in [0.1, 0.15) is 11.4 Å². The highest BCUT2D eigenvalue weighted by atomic mass is 32.2. The molecule has 0 atom stereocenters. The Morgan fingerprint density at radius 1 is 1.32 bits per heavy atom. The number of halogens is 1. The van der Waals surface area contributed by atoms with E-state index in [0.717, 1.165) is 11.8 Å². The SMILES string of the molecule is COCc1cc(C)n2nc(SC)c(S(=O)(=O)c3cccc(F)c3)c2n1. The zero-order chi connectivity index (χ0) is 18.2. The largest absolute Gasteiger partial charge is 0.378 e. The lowest BCUT2D eigenvalue weighted by Crippen LogP contribution is -2.06. The zero-order valence-electron chi connectivity index (χ0n) is 13.9. The van der Waals surface area contributed by atoms with Crippen molar-refractivity contribution >= 4 is 27.2 Å². The summed E-state index contributed by atoms with van der Waals surface area (Å²) in [5.74, 6) is -0.618. The van der Waals surface area contributed by atoms with Crippen molar-refractivity contribution in [3.8, 4) is 0 Å². The summed E-state index contributed by atoms with van der Waals surface area (Å²) >= 11 is 1.20. The van der Waals surface area contributed by atoms with Crippen LogP contribution in [0, 0.1) is 12.7 Å². The predicted octanol–water partition coefficient (Wildman–Crippen LogP) is 2.88. The fourth-order valence-corrected chi connectivity index (χ4v) is 4.96. The Morgan fingerprint density at radius 3 is 2.72 bits per heavy atom. The van der Waals surface area contributed by atoms with E-state index >= 15 is 0 Å². The average Bonchev–Trinajstić information content (AvgIpc) is 2.95. The first-order valence-electron chi connectivity index (χ1n) is 7.31. The van der Waals surface area contributed by atoms with E-state index in [2.05, 4.69) is 10.1 Å². The first kappa shape index (κ1) is 17.8. The highest BCUT2D eigenvalue weighted by Gasteiger charge is 2.29. The molecule has 2 heterocycles. The molecule has 0 unspecified atom stereocenters. The van der Waals surface area contributed by atoms with Crippen LogP contribution in [0.5, 0.6) is 0 Å². The molecule has 0 spiro atoms. The molecule has 3 rings (SSSR count). The van der Waals surface area contributed by atoms with Crippen LogP contribution < -0.4 is 0 Å². The van der Waals surface area contributed by atoms with Crippen molar-refractivity contribution in [2.24, 2.45) is 0 Å². The molecular formula is C16H16FN3O3S2. The average molecular weight is 381 g/mol. The van der Waals surface area contributed by atoms with Gasteiger partial charge < -0.3 is 4.74 Å². The van der Waals surface area contributed by atoms with E-state index < -0.39 is 15.7 Å². The number of fused-ring (bicyclic) bond motifs is 1. The molecule has 9 heteroatoms. The molecule has 1 aromatic carbocycles. The van der Waals surface area contributed by atoms with Crippen LogP contribution in [0.4, 0.5) is 4.39 Å². The van der Waals surface area contributed by atoms with Crippen molar-refractivity contribution in [1.29, 1.82) is 0 Å². The molecule has 25 heavy (non-hydrogen) atoms. The molecule has 3 aromatic rings. The number of benzene rings is 1. The van der Waals surface area contributed by atoms with Gasteiger partial charge in [0.25, 0.3) is 0 Å². The number of aryl methyl sites for hydroxylation is 1. The van der Waals surface area contributed by atoms with E-state index in [1.165, 1.54) is 41.6 Å². The summed E-state index contributed by atoms with van der Waals surface area (Å²) in [4.78, 5) is 4.25. The molecule has 0 radical (unpaired) electrons. The number of sulfone groups is 1. The molecule has 0 aliphatic rings. The van der Waals surface area contributed by atoms with E-state index in [0.29, 0.717) is 10.7 Å². The lowest BCUT2D eigenvalue weighted by molar-refractivity contribution is 0.181. The van der Waals surface area contributed by atoms with E-state index in [1.807, 2.05) is 6.92 Å². The monoisotopic (exact) mass is 381 g/mol. The maximum absolute atomic E-state index is 13.5. The van der Waals surface area contributed by atoms with Crippen molar-refractivity contribution in [3.05, 3.63) is 47.5 Å². The van der Waals surface area contributed by atoms with Gasteiger partial charge in [0.15, 0.2) is 10.5 Å². The van der Waals surface area contributed by atoms with Crippen LogP contribution >= 0.6 is 11.8 Å². The summed E-state index contributed by atoms with van der Waals surface area (Å²) in [6.45, 7) is 2.06. The first-order chi connectivity index (χ1) is 11.9. The summed E-state index contributed by atoms with van der Waals surface area (Å²) in [7, 11) is -2.45. The first-order valence-corrected chi connectivity index (χ1v) is 10.0. The standard InChI is InChI=1S/C16H16FN3O3S2/c1-10-7-12(9-23-2)18-15-14(16(24-3)19-20(10)15)25(21,22)13-6-4-5-11(17)8-13/h4-8H,9H2,1-3H3. The summed E-state index contributed by atoms with van der Waals surface area (Å²) in [6.07, 6.45) is 1.73. The molecule has 0 amide bonds. The number of nitrogens with zero attached hydrogens (tertiary/aromatic N) is 3. The fourth-order valence-electron chi connectivity index (χ4n) is 2.53. The maximum atomic E-state index is 13.5. The third-order valence-electron chi connectivity index (χ3n) is 3.61. The van der Waals surface area contributed by atoms with Crippen molar-refractivity contribution in [2.75, 3.05) is 13.4 Å². The molecule has 2 aromatic heterocycles. The molecular weight excluding hydrogens is 365 g/mol. The Balaban J connectivity index is 2.34. The van der Waals surface area contributed by atoms with Gasteiger partial charge in [-0.25, -0.2) is 22.3 Å². The second-order valence-corrected chi connectivity index (χ2v) is 8.04. The van der Waals surface area contributed by atoms with E-state index in [1.54, 1.807) is 12.3 Å². The number of hydrogen-bond acceptors (Lipinski definition) is 6. The smallest absolute Gasteiger partial charge is 0.213 e. The van der Waals surface area contributed by atoms with Crippen molar-refractivity contribution < 1.29 is 17.5 Å². The van der Waals surface area contributed by atoms with Crippen LogP contribution in [0.3, 0.4) is 0 Å². The van der Waals surface area contributed by atoms with Gasteiger partial charge in [-0.2, -0.15) is 5.10 Å². The van der Waals surface area contributed by atoms with Gasteiger partial charge in [-0.1, -0.05) is 6.07 Å². The van der Waals surface area contributed by atoms with Gasteiger partial charge >= 0.3 is 0 Å².